The van der Waals surface area contributed by atoms with E-state index in [-0.39, 0.29) is 23.9 Å². The average molecular weight is 639 g/mol. The summed E-state index contributed by atoms with van der Waals surface area (Å²) in [6.45, 7) is 2.24. The van der Waals surface area contributed by atoms with Crippen molar-refractivity contribution in [3.8, 4) is 0 Å². The molecule has 9 atom stereocenters. The number of carbonyl (C=O) groups excluding carboxylic acids is 1. The van der Waals surface area contributed by atoms with Gasteiger partial charge >= 0.3 is 5.97 Å². The van der Waals surface area contributed by atoms with Gasteiger partial charge in [-0.2, -0.15) is 0 Å². The van der Waals surface area contributed by atoms with Crippen LogP contribution in [0.15, 0.2) is 11.6 Å². The Morgan fingerprint density at radius 3 is 1.78 bits per heavy atom. The van der Waals surface area contributed by atoms with E-state index in [1.165, 1.54) is 70.3 Å². The molecule has 2 fully saturated rings. The van der Waals surface area contributed by atoms with E-state index >= 15 is 0 Å². The first-order chi connectivity index (χ1) is 21.8. The highest BCUT2D eigenvalue weighted by Crippen LogP contribution is 2.42. The van der Waals surface area contributed by atoms with Crippen molar-refractivity contribution in [2.24, 2.45) is 11.8 Å². The molecular formula is C37H66O8. The largest absolute Gasteiger partial charge is 0.429 e. The summed E-state index contributed by atoms with van der Waals surface area (Å²) in [6, 6.07) is 0. The van der Waals surface area contributed by atoms with Crippen molar-refractivity contribution in [2.45, 2.75) is 204 Å². The lowest BCUT2D eigenvalue weighted by Crippen LogP contribution is -2.35. The van der Waals surface area contributed by atoms with E-state index in [4.69, 9.17) is 9.47 Å². The van der Waals surface area contributed by atoms with Gasteiger partial charge in [0.15, 0.2) is 0 Å². The molecule has 2 heterocycles. The van der Waals surface area contributed by atoms with Crippen LogP contribution in [0.2, 0.25) is 0 Å². The van der Waals surface area contributed by atoms with Crippen LogP contribution in [-0.4, -0.2) is 74.4 Å². The maximum Gasteiger partial charge on any atom is 0.336 e. The lowest BCUT2D eigenvalue weighted by molar-refractivity contribution is -0.151. The highest BCUT2D eigenvalue weighted by Gasteiger charge is 2.48. The molecule has 45 heavy (non-hydrogen) atoms. The Morgan fingerprint density at radius 2 is 1.22 bits per heavy atom. The third-order valence-electron chi connectivity index (χ3n) is 10.6. The monoisotopic (exact) mass is 638 g/mol. The van der Waals surface area contributed by atoms with E-state index in [2.05, 4.69) is 6.92 Å². The van der Waals surface area contributed by atoms with Crippen LogP contribution >= 0.6 is 0 Å². The van der Waals surface area contributed by atoms with Gasteiger partial charge in [0.2, 0.25) is 6.29 Å². The Hall–Kier alpha value is -1.03. The number of aliphatic hydroxyl groups excluding tert-OH is 5. The van der Waals surface area contributed by atoms with Gasteiger partial charge < -0.3 is 35.0 Å². The molecule has 0 spiro atoms. The molecular weight excluding hydrogens is 572 g/mol. The Morgan fingerprint density at radius 1 is 0.689 bits per heavy atom. The molecule has 1 saturated carbocycles. The number of ether oxygens (including phenoxy) is 2. The lowest BCUT2D eigenvalue weighted by Gasteiger charge is -2.26. The Kier molecular flexibility index (Phi) is 18.6. The predicted molar refractivity (Wildman–Crippen MR) is 176 cm³/mol. The third kappa shape index (κ3) is 13.9. The Balaban J connectivity index is 1.18. The summed E-state index contributed by atoms with van der Waals surface area (Å²) in [5, 5.41) is 52.5. The van der Waals surface area contributed by atoms with Gasteiger partial charge in [0.05, 0.1) is 36.6 Å². The zero-order valence-electron chi connectivity index (χ0n) is 28.2. The molecule has 1 aliphatic carbocycles. The van der Waals surface area contributed by atoms with Crippen LogP contribution in [-0.2, 0) is 14.3 Å². The van der Waals surface area contributed by atoms with Crippen LogP contribution in [0, 0.1) is 11.8 Å². The number of unbranched alkanes of at least 4 members (excludes halogenated alkanes) is 16. The van der Waals surface area contributed by atoms with E-state index < -0.39 is 36.8 Å². The summed E-state index contributed by atoms with van der Waals surface area (Å²) in [4.78, 5) is 11.5. The summed E-state index contributed by atoms with van der Waals surface area (Å²) in [5.74, 6) is -0.522. The molecule has 0 aromatic carbocycles. The highest BCUT2D eigenvalue weighted by molar-refractivity contribution is 5.90. The second-order valence-electron chi connectivity index (χ2n) is 14.4. The summed E-state index contributed by atoms with van der Waals surface area (Å²) < 4.78 is 10.9. The minimum atomic E-state index is -1.06. The van der Waals surface area contributed by atoms with E-state index in [1.54, 1.807) is 0 Å². The molecule has 0 amide bonds. The maximum atomic E-state index is 11.5. The minimum absolute atomic E-state index is 0.0483. The number of hydrogen-bond donors (Lipinski definition) is 5. The predicted octanol–water partition coefficient (Wildman–Crippen LogP) is 6.63. The number of carbonyl (C=O) groups is 1. The second-order valence-corrected chi connectivity index (χ2v) is 14.4. The number of aliphatic hydroxyl groups is 5. The molecule has 3 rings (SSSR count). The summed E-state index contributed by atoms with van der Waals surface area (Å²) in [5.41, 5.74) is 0.601. The van der Waals surface area contributed by atoms with Gasteiger partial charge in [-0.15, -0.1) is 0 Å². The van der Waals surface area contributed by atoms with Crippen molar-refractivity contribution in [3.63, 3.8) is 0 Å². The first-order valence-electron chi connectivity index (χ1n) is 18.8. The molecule has 3 aliphatic rings. The number of esters is 1. The van der Waals surface area contributed by atoms with E-state index in [0.29, 0.717) is 37.7 Å². The van der Waals surface area contributed by atoms with Gasteiger partial charge in [0.1, 0.15) is 0 Å². The Bertz CT molecular complexity index is 833. The molecule has 262 valence electrons. The first kappa shape index (κ1) is 38.4. The number of hydrogen-bond acceptors (Lipinski definition) is 8. The van der Waals surface area contributed by atoms with Crippen LogP contribution < -0.4 is 0 Å². The van der Waals surface area contributed by atoms with Crippen molar-refractivity contribution in [3.05, 3.63) is 11.6 Å². The van der Waals surface area contributed by atoms with Crippen LogP contribution in [0.4, 0.5) is 0 Å². The van der Waals surface area contributed by atoms with E-state index in [0.717, 1.165) is 57.8 Å². The third-order valence-corrected chi connectivity index (χ3v) is 10.6. The molecule has 0 unspecified atom stereocenters. The SMILES string of the molecule is CCCCCCCCCC[C@H](O)[C@@H]1C[C@@H]([C@@H]2O[C@@H]([C@H](O)CCCCCCCCCCCCC3=C[C@H](O)OC3=O)C[C@H]2O)[C@H](O)C1. The molecule has 0 aromatic heterocycles. The van der Waals surface area contributed by atoms with Crippen molar-refractivity contribution in [1.29, 1.82) is 0 Å². The van der Waals surface area contributed by atoms with Crippen LogP contribution in [0.5, 0.6) is 0 Å². The van der Waals surface area contributed by atoms with Crippen molar-refractivity contribution in [1.82, 2.24) is 0 Å². The average Bonchev–Trinajstić information content (AvgIpc) is 3.69. The molecule has 0 aromatic rings. The summed E-state index contributed by atoms with van der Waals surface area (Å²) >= 11 is 0. The molecule has 1 saturated heterocycles. The van der Waals surface area contributed by atoms with Crippen molar-refractivity contribution in [2.75, 3.05) is 0 Å². The van der Waals surface area contributed by atoms with E-state index in [1.807, 2.05) is 0 Å². The van der Waals surface area contributed by atoms with Gasteiger partial charge in [-0.3, -0.25) is 0 Å². The summed E-state index contributed by atoms with van der Waals surface area (Å²) in [7, 11) is 0. The van der Waals surface area contributed by atoms with Gasteiger partial charge in [-0.25, -0.2) is 4.79 Å². The fourth-order valence-electron chi connectivity index (χ4n) is 7.75. The minimum Gasteiger partial charge on any atom is -0.429 e. The molecule has 8 heteroatoms. The lowest BCUT2D eigenvalue weighted by atomic mass is 9.91. The Labute approximate surface area is 273 Å². The van der Waals surface area contributed by atoms with Gasteiger partial charge in [-0.05, 0) is 50.5 Å². The quantitative estimate of drug-likeness (QED) is 0.0556. The fraction of sp³-hybridized carbons (Fsp3) is 0.919. The molecule has 2 aliphatic heterocycles. The molecule has 0 bridgehead atoms. The molecule has 0 radical (unpaired) electrons. The standard InChI is InChI=1S/C37H66O8/c1-2-3-4-5-6-12-15-18-21-30(38)28-23-29(32(40)24-28)36-33(41)26-34(44-36)31(39)22-19-16-13-10-8-7-9-11-14-17-20-27-25-35(42)45-37(27)43/h25,28-36,38-42H,2-24,26H2,1H3/t28-,29-,30+,31-,32-,33-,34-,35-,36+/m1/s1. The zero-order chi connectivity index (χ0) is 32.4. The fourth-order valence-corrected chi connectivity index (χ4v) is 7.75. The van der Waals surface area contributed by atoms with Crippen LogP contribution in [0.3, 0.4) is 0 Å². The zero-order valence-corrected chi connectivity index (χ0v) is 28.2. The van der Waals surface area contributed by atoms with Crippen molar-refractivity contribution < 1.29 is 39.8 Å². The maximum absolute atomic E-state index is 11.5. The van der Waals surface area contributed by atoms with Gasteiger partial charge in [-0.1, -0.05) is 116 Å². The normalized spacial score (nSPS) is 29.7. The van der Waals surface area contributed by atoms with Crippen LogP contribution in [0.1, 0.15) is 161 Å². The number of rotatable bonds is 25. The van der Waals surface area contributed by atoms with E-state index in [9.17, 15) is 30.3 Å². The number of cyclic esters (lactones) is 1. The van der Waals surface area contributed by atoms with Gasteiger partial charge in [0.25, 0.3) is 0 Å². The second kappa shape index (κ2) is 21.8. The first-order valence-corrected chi connectivity index (χ1v) is 18.8. The topological polar surface area (TPSA) is 137 Å². The summed E-state index contributed by atoms with van der Waals surface area (Å²) in [6.07, 6.45) is 22.2. The van der Waals surface area contributed by atoms with Gasteiger partial charge in [0, 0.05) is 17.9 Å². The smallest absolute Gasteiger partial charge is 0.336 e. The van der Waals surface area contributed by atoms with Crippen LogP contribution in [0.25, 0.3) is 0 Å². The van der Waals surface area contributed by atoms with Crippen molar-refractivity contribution >= 4 is 5.97 Å². The molecule has 5 N–H and O–H groups in total. The highest BCUT2D eigenvalue weighted by atomic mass is 16.6. The molecule has 8 nitrogen and oxygen atoms in total.